The van der Waals surface area contributed by atoms with Gasteiger partial charge >= 0.3 is 5.97 Å². The fourth-order valence-electron chi connectivity index (χ4n) is 1.24. The van der Waals surface area contributed by atoms with Crippen molar-refractivity contribution < 1.29 is 9.90 Å². The lowest BCUT2D eigenvalue weighted by Crippen LogP contribution is -2.24. The van der Waals surface area contributed by atoms with Gasteiger partial charge in [-0.25, -0.2) is 4.31 Å². The highest BCUT2D eigenvalue weighted by atomic mass is 127. The molecule has 0 aliphatic rings. The predicted molar refractivity (Wildman–Crippen MR) is 78.7 cm³/mol. The Bertz CT molecular complexity index is 364. The van der Waals surface area contributed by atoms with Crippen molar-refractivity contribution in [3.05, 3.63) is 34.3 Å². The van der Waals surface area contributed by atoms with Crippen LogP contribution in [0.3, 0.4) is 0 Å². The van der Waals surface area contributed by atoms with Crippen molar-refractivity contribution in [1.82, 2.24) is 4.31 Å². The second kappa shape index (κ2) is 7.52. The van der Waals surface area contributed by atoms with E-state index in [0.29, 0.717) is 0 Å². The first-order chi connectivity index (χ1) is 7.61. The van der Waals surface area contributed by atoms with E-state index in [-0.39, 0.29) is 6.54 Å². The van der Waals surface area contributed by atoms with Gasteiger partial charge in [-0.2, -0.15) is 0 Å². The van der Waals surface area contributed by atoms with Crippen LogP contribution in [0.25, 0.3) is 0 Å². The van der Waals surface area contributed by atoms with Crippen molar-refractivity contribution in [2.45, 2.75) is 6.42 Å². The van der Waals surface area contributed by atoms with Gasteiger partial charge in [-0.05, 0) is 33.2 Å². The summed E-state index contributed by atoms with van der Waals surface area (Å²) in [6, 6.07) is 8.06. The molecule has 0 unspecified atom stereocenters. The number of carboxylic acid groups (broad SMARTS) is 1. The molecule has 0 aromatic heterocycles. The smallest absolute Gasteiger partial charge is 0.318 e. The number of carboxylic acids is 1. The minimum absolute atomic E-state index is 0.0710. The number of hydrogen-bond donors (Lipinski definition) is 1. The zero-order valence-corrected chi connectivity index (χ0v) is 13.0. The number of aliphatic carboxylic acids is 1. The van der Waals surface area contributed by atoms with Crippen LogP contribution >= 0.6 is 46.3 Å². The Hall–Kier alpha value is 0.210. The van der Waals surface area contributed by atoms with E-state index in [0.717, 1.165) is 17.4 Å². The van der Waals surface area contributed by atoms with Crippen molar-refractivity contribution in [3.8, 4) is 0 Å². The molecule has 0 fully saturated rings. The maximum Gasteiger partial charge on any atom is 0.318 e. The van der Waals surface area contributed by atoms with Crippen LogP contribution in [-0.4, -0.2) is 28.5 Å². The SMILES string of the molecule is O=C(O)CN(CCc1cccc(Br)c1)SI. The third kappa shape index (κ3) is 5.51. The molecule has 0 saturated heterocycles. The van der Waals surface area contributed by atoms with Gasteiger partial charge in [0, 0.05) is 32.2 Å². The van der Waals surface area contributed by atoms with E-state index in [2.05, 4.69) is 43.2 Å². The monoisotopic (exact) mass is 415 g/mol. The van der Waals surface area contributed by atoms with Gasteiger partial charge in [0.15, 0.2) is 0 Å². The molecule has 6 heteroatoms. The average molecular weight is 416 g/mol. The van der Waals surface area contributed by atoms with E-state index in [1.54, 1.807) is 0 Å². The number of halogens is 2. The molecule has 0 aliphatic carbocycles. The lowest BCUT2D eigenvalue weighted by atomic mass is 10.1. The summed E-state index contributed by atoms with van der Waals surface area (Å²) in [4.78, 5) is 10.6. The summed E-state index contributed by atoms with van der Waals surface area (Å²) in [5, 5.41) is 8.69. The molecule has 0 bridgehead atoms. The summed E-state index contributed by atoms with van der Waals surface area (Å²) in [6.07, 6.45) is 0.850. The molecular weight excluding hydrogens is 405 g/mol. The maximum absolute atomic E-state index is 10.6. The Morgan fingerprint density at radius 1 is 1.56 bits per heavy atom. The van der Waals surface area contributed by atoms with E-state index in [9.17, 15) is 4.79 Å². The predicted octanol–water partition coefficient (Wildman–Crippen LogP) is 3.38. The first kappa shape index (κ1) is 14.3. The standard InChI is InChI=1S/C10H11BrINO2S/c11-9-3-1-2-8(6-9)4-5-13(16-12)7-10(14)15/h1-3,6H,4-5,7H2,(H,14,15). The van der Waals surface area contributed by atoms with Crippen LogP contribution in [0.2, 0.25) is 0 Å². The Morgan fingerprint density at radius 3 is 2.88 bits per heavy atom. The van der Waals surface area contributed by atoms with Gasteiger partial charge in [-0.15, -0.1) is 0 Å². The van der Waals surface area contributed by atoms with Gasteiger partial charge < -0.3 is 5.11 Å². The highest BCUT2D eigenvalue weighted by molar-refractivity contribution is 14.2. The zero-order chi connectivity index (χ0) is 12.0. The fraction of sp³-hybridized carbons (Fsp3) is 0.300. The van der Waals surface area contributed by atoms with Gasteiger partial charge in [0.25, 0.3) is 0 Å². The minimum atomic E-state index is -0.793. The van der Waals surface area contributed by atoms with E-state index in [4.69, 9.17) is 5.11 Å². The Kier molecular flexibility index (Phi) is 6.71. The normalized spacial score (nSPS) is 10.7. The molecule has 1 N–H and O–H groups in total. The summed E-state index contributed by atoms with van der Waals surface area (Å²) in [7, 11) is 1.43. The molecule has 0 aliphatic heterocycles. The molecular formula is C10H11BrINO2S. The molecule has 1 rings (SSSR count). The molecule has 16 heavy (non-hydrogen) atoms. The van der Waals surface area contributed by atoms with Crippen LogP contribution in [0.1, 0.15) is 5.56 Å². The topological polar surface area (TPSA) is 40.5 Å². The lowest BCUT2D eigenvalue weighted by molar-refractivity contribution is -0.137. The van der Waals surface area contributed by atoms with Crippen LogP contribution in [0.4, 0.5) is 0 Å². The highest BCUT2D eigenvalue weighted by Gasteiger charge is 2.08. The number of carbonyl (C=O) groups is 1. The van der Waals surface area contributed by atoms with Crippen LogP contribution in [0, 0.1) is 0 Å². The molecule has 3 nitrogen and oxygen atoms in total. The summed E-state index contributed by atoms with van der Waals surface area (Å²) in [6.45, 7) is 0.804. The van der Waals surface area contributed by atoms with E-state index in [1.165, 1.54) is 14.7 Å². The molecule has 88 valence electrons. The third-order valence-electron chi connectivity index (χ3n) is 1.95. The molecule has 0 saturated carbocycles. The van der Waals surface area contributed by atoms with Crippen LogP contribution in [0.5, 0.6) is 0 Å². The quantitative estimate of drug-likeness (QED) is 0.571. The Labute approximate surface area is 119 Å². The maximum atomic E-state index is 10.6. The number of hydrogen-bond acceptors (Lipinski definition) is 3. The van der Waals surface area contributed by atoms with Crippen molar-refractivity contribution in [2.24, 2.45) is 0 Å². The van der Waals surface area contributed by atoms with Gasteiger partial charge in [-0.3, -0.25) is 4.79 Å². The van der Waals surface area contributed by atoms with Crippen LogP contribution < -0.4 is 0 Å². The van der Waals surface area contributed by atoms with Crippen LogP contribution in [0.15, 0.2) is 28.7 Å². The van der Waals surface area contributed by atoms with Gasteiger partial charge in [0.2, 0.25) is 0 Å². The molecule has 0 atom stereocenters. The van der Waals surface area contributed by atoms with E-state index < -0.39 is 5.97 Å². The zero-order valence-electron chi connectivity index (χ0n) is 8.40. The first-order valence-electron chi connectivity index (χ1n) is 4.61. The molecule has 0 radical (unpaired) electrons. The van der Waals surface area contributed by atoms with E-state index in [1.807, 2.05) is 22.5 Å². The molecule has 1 aromatic rings. The van der Waals surface area contributed by atoms with Crippen LogP contribution in [-0.2, 0) is 11.2 Å². The average Bonchev–Trinajstić information content (AvgIpc) is 2.24. The van der Waals surface area contributed by atoms with Crippen molar-refractivity contribution in [2.75, 3.05) is 13.1 Å². The lowest BCUT2D eigenvalue weighted by Gasteiger charge is -2.15. The molecule has 0 amide bonds. The number of benzene rings is 1. The van der Waals surface area contributed by atoms with Gasteiger partial charge in [0.05, 0.1) is 0 Å². The van der Waals surface area contributed by atoms with Gasteiger partial charge in [-0.1, -0.05) is 28.1 Å². The summed E-state index contributed by atoms with van der Waals surface area (Å²) in [5.41, 5.74) is 1.20. The second-order valence-electron chi connectivity index (χ2n) is 3.21. The first-order valence-corrected chi connectivity index (χ1v) is 8.72. The Balaban J connectivity index is 2.46. The Morgan fingerprint density at radius 2 is 2.31 bits per heavy atom. The van der Waals surface area contributed by atoms with E-state index >= 15 is 0 Å². The number of nitrogens with zero attached hydrogens (tertiary/aromatic N) is 1. The minimum Gasteiger partial charge on any atom is -0.480 e. The summed E-state index contributed by atoms with van der Waals surface area (Å²) < 4.78 is 2.88. The molecule has 0 spiro atoms. The number of rotatable bonds is 6. The molecule has 1 aromatic carbocycles. The van der Waals surface area contributed by atoms with Crippen molar-refractivity contribution in [3.63, 3.8) is 0 Å². The summed E-state index contributed by atoms with van der Waals surface area (Å²) in [5.74, 6) is -0.793. The van der Waals surface area contributed by atoms with Gasteiger partial charge in [0.1, 0.15) is 6.54 Å². The third-order valence-corrected chi connectivity index (χ3v) is 4.62. The summed E-state index contributed by atoms with van der Waals surface area (Å²) >= 11 is 5.51. The fourth-order valence-corrected chi connectivity index (χ4v) is 3.01. The second-order valence-corrected chi connectivity index (χ2v) is 5.96. The highest BCUT2D eigenvalue weighted by Crippen LogP contribution is 2.19. The molecule has 0 heterocycles. The van der Waals surface area contributed by atoms with Crippen molar-refractivity contribution in [1.29, 1.82) is 0 Å². The largest absolute Gasteiger partial charge is 0.480 e. The van der Waals surface area contributed by atoms with Crippen molar-refractivity contribution >= 4 is 52.2 Å².